The smallest absolute Gasteiger partial charge is 0.407 e. The van der Waals surface area contributed by atoms with Crippen molar-refractivity contribution in [3.63, 3.8) is 0 Å². The molecule has 4 nitrogen and oxygen atoms in total. The Labute approximate surface area is 97.9 Å². The van der Waals surface area contributed by atoms with Gasteiger partial charge in [-0.25, -0.2) is 4.79 Å². The van der Waals surface area contributed by atoms with E-state index in [4.69, 9.17) is 10.5 Å². The average molecular weight is 228 g/mol. The van der Waals surface area contributed by atoms with Crippen LogP contribution >= 0.6 is 0 Å². The molecular weight excluding hydrogens is 204 g/mol. The summed E-state index contributed by atoms with van der Waals surface area (Å²) in [7, 11) is 0. The molecule has 0 unspecified atom stereocenters. The van der Waals surface area contributed by atoms with E-state index in [0.717, 1.165) is 25.7 Å². The fourth-order valence-corrected chi connectivity index (χ4v) is 2.10. The summed E-state index contributed by atoms with van der Waals surface area (Å²) < 4.78 is 5.13. The summed E-state index contributed by atoms with van der Waals surface area (Å²) in [6.45, 7) is 5.01. The second kappa shape index (κ2) is 6.09. The summed E-state index contributed by atoms with van der Waals surface area (Å²) in [6, 6.07) is 0. The van der Waals surface area contributed by atoms with Gasteiger partial charge in [-0.2, -0.15) is 0 Å². The van der Waals surface area contributed by atoms with Gasteiger partial charge in [-0.15, -0.1) is 0 Å². The Morgan fingerprint density at radius 3 is 2.50 bits per heavy atom. The topological polar surface area (TPSA) is 64.3 Å². The molecule has 1 aliphatic rings. The maximum atomic E-state index is 11.6. The summed E-state index contributed by atoms with van der Waals surface area (Å²) in [4.78, 5) is 11.6. The van der Waals surface area contributed by atoms with E-state index in [1.165, 1.54) is 6.42 Å². The third kappa shape index (κ3) is 4.00. The van der Waals surface area contributed by atoms with Gasteiger partial charge in [-0.3, -0.25) is 0 Å². The number of carbonyl (C=O) groups is 1. The minimum absolute atomic E-state index is 0.216. The van der Waals surface area contributed by atoms with Gasteiger partial charge >= 0.3 is 6.09 Å². The molecule has 0 radical (unpaired) electrons. The minimum atomic E-state index is -0.318. The van der Waals surface area contributed by atoms with Gasteiger partial charge in [0.25, 0.3) is 0 Å². The summed E-state index contributed by atoms with van der Waals surface area (Å²) in [5.74, 6) is 0.367. The van der Waals surface area contributed by atoms with Crippen LogP contribution in [0.1, 0.15) is 46.0 Å². The van der Waals surface area contributed by atoms with Gasteiger partial charge in [0.1, 0.15) is 0 Å². The molecular formula is C12H24N2O2. The van der Waals surface area contributed by atoms with Crippen LogP contribution in [0.4, 0.5) is 4.79 Å². The second-order valence-corrected chi connectivity index (χ2v) is 5.16. The van der Waals surface area contributed by atoms with Gasteiger partial charge in [0.15, 0.2) is 0 Å². The Balaban J connectivity index is 2.39. The van der Waals surface area contributed by atoms with Gasteiger partial charge in [0, 0.05) is 6.54 Å². The Morgan fingerprint density at radius 1 is 1.38 bits per heavy atom. The zero-order valence-electron chi connectivity index (χ0n) is 10.4. The van der Waals surface area contributed by atoms with Crippen LogP contribution in [-0.4, -0.2) is 24.8 Å². The molecule has 0 heterocycles. The van der Waals surface area contributed by atoms with E-state index in [1.54, 1.807) is 0 Å². The second-order valence-electron chi connectivity index (χ2n) is 5.16. The highest BCUT2D eigenvalue weighted by Crippen LogP contribution is 2.27. The highest BCUT2D eigenvalue weighted by Gasteiger charge is 2.32. The molecule has 16 heavy (non-hydrogen) atoms. The number of ether oxygens (including phenoxy) is 1. The molecule has 1 rings (SSSR count). The van der Waals surface area contributed by atoms with Crippen molar-refractivity contribution in [2.75, 3.05) is 13.2 Å². The molecule has 0 spiro atoms. The molecule has 0 atom stereocenters. The Kier molecular flexibility index (Phi) is 5.06. The SMILES string of the molecule is CC(C)COC(=O)NC1(CN)CCCCC1. The zero-order chi connectivity index (χ0) is 12.0. The van der Waals surface area contributed by atoms with Gasteiger partial charge in [0.05, 0.1) is 12.1 Å². The average Bonchev–Trinajstić information content (AvgIpc) is 2.28. The summed E-state index contributed by atoms with van der Waals surface area (Å²) >= 11 is 0. The molecule has 0 aromatic heterocycles. The predicted molar refractivity (Wildman–Crippen MR) is 64.2 cm³/mol. The highest BCUT2D eigenvalue weighted by molar-refractivity contribution is 5.68. The van der Waals surface area contributed by atoms with Crippen LogP contribution in [0.15, 0.2) is 0 Å². The van der Waals surface area contributed by atoms with E-state index in [0.29, 0.717) is 19.1 Å². The lowest BCUT2D eigenvalue weighted by Crippen LogP contribution is -2.55. The van der Waals surface area contributed by atoms with Crippen molar-refractivity contribution in [1.82, 2.24) is 5.32 Å². The highest BCUT2D eigenvalue weighted by atomic mass is 16.5. The number of hydrogen-bond donors (Lipinski definition) is 2. The lowest BCUT2D eigenvalue weighted by molar-refractivity contribution is 0.114. The summed E-state index contributed by atoms with van der Waals surface area (Å²) in [5, 5.41) is 2.95. The molecule has 1 saturated carbocycles. The van der Waals surface area contributed by atoms with Crippen LogP contribution in [0.3, 0.4) is 0 Å². The van der Waals surface area contributed by atoms with Crippen LogP contribution in [0.25, 0.3) is 0 Å². The van der Waals surface area contributed by atoms with Crippen molar-refractivity contribution in [2.24, 2.45) is 11.7 Å². The molecule has 0 aromatic carbocycles. The maximum Gasteiger partial charge on any atom is 0.407 e. The monoisotopic (exact) mass is 228 g/mol. The molecule has 1 fully saturated rings. The number of nitrogens with two attached hydrogens (primary N) is 1. The quantitative estimate of drug-likeness (QED) is 0.773. The number of carbonyl (C=O) groups excluding carboxylic acids is 1. The van der Waals surface area contributed by atoms with E-state index in [9.17, 15) is 4.79 Å². The van der Waals surface area contributed by atoms with Crippen LogP contribution in [0, 0.1) is 5.92 Å². The molecule has 0 aromatic rings. The molecule has 1 aliphatic carbocycles. The van der Waals surface area contributed by atoms with Gasteiger partial charge in [-0.05, 0) is 18.8 Å². The maximum absolute atomic E-state index is 11.6. The third-order valence-corrected chi connectivity index (χ3v) is 3.12. The Bertz CT molecular complexity index is 223. The Morgan fingerprint density at radius 2 is 2.00 bits per heavy atom. The molecule has 94 valence electrons. The van der Waals surface area contributed by atoms with Crippen molar-refractivity contribution >= 4 is 6.09 Å². The van der Waals surface area contributed by atoms with Crippen LogP contribution in [0.2, 0.25) is 0 Å². The van der Waals surface area contributed by atoms with Crippen molar-refractivity contribution < 1.29 is 9.53 Å². The normalized spacial score (nSPS) is 19.5. The first-order valence-corrected chi connectivity index (χ1v) is 6.23. The fraction of sp³-hybridized carbons (Fsp3) is 0.917. The number of hydrogen-bond acceptors (Lipinski definition) is 3. The van der Waals surface area contributed by atoms with Crippen molar-refractivity contribution in [3.05, 3.63) is 0 Å². The molecule has 1 amide bonds. The standard InChI is InChI=1S/C12H24N2O2/c1-10(2)8-16-11(15)14-12(9-13)6-4-3-5-7-12/h10H,3-9,13H2,1-2H3,(H,14,15). The fourth-order valence-electron chi connectivity index (χ4n) is 2.10. The number of alkyl carbamates (subject to hydrolysis) is 1. The molecule has 0 aliphatic heterocycles. The summed E-state index contributed by atoms with van der Waals surface area (Å²) in [5.41, 5.74) is 5.56. The molecule has 0 saturated heterocycles. The van der Waals surface area contributed by atoms with Gasteiger partial charge in [-0.1, -0.05) is 33.1 Å². The molecule has 3 N–H and O–H groups in total. The first-order valence-electron chi connectivity index (χ1n) is 6.23. The number of nitrogens with one attached hydrogen (secondary N) is 1. The zero-order valence-corrected chi connectivity index (χ0v) is 10.4. The van der Waals surface area contributed by atoms with Gasteiger partial charge < -0.3 is 15.8 Å². The molecule has 4 heteroatoms. The Hall–Kier alpha value is -0.770. The van der Waals surface area contributed by atoms with E-state index >= 15 is 0 Å². The third-order valence-electron chi connectivity index (χ3n) is 3.12. The van der Waals surface area contributed by atoms with Crippen molar-refractivity contribution in [2.45, 2.75) is 51.5 Å². The van der Waals surface area contributed by atoms with Crippen molar-refractivity contribution in [3.8, 4) is 0 Å². The number of rotatable bonds is 4. The lowest BCUT2D eigenvalue weighted by atomic mass is 9.82. The van der Waals surface area contributed by atoms with Crippen LogP contribution in [0.5, 0.6) is 0 Å². The van der Waals surface area contributed by atoms with E-state index in [2.05, 4.69) is 5.32 Å². The van der Waals surface area contributed by atoms with E-state index < -0.39 is 0 Å². The van der Waals surface area contributed by atoms with Crippen molar-refractivity contribution in [1.29, 1.82) is 0 Å². The first-order chi connectivity index (χ1) is 7.58. The first kappa shape index (κ1) is 13.3. The van der Waals surface area contributed by atoms with Crippen LogP contribution in [-0.2, 0) is 4.74 Å². The van der Waals surface area contributed by atoms with Gasteiger partial charge in [0.2, 0.25) is 0 Å². The minimum Gasteiger partial charge on any atom is -0.449 e. The largest absolute Gasteiger partial charge is 0.449 e. The lowest BCUT2D eigenvalue weighted by Gasteiger charge is -2.36. The summed E-state index contributed by atoms with van der Waals surface area (Å²) in [6.07, 6.45) is 5.15. The van der Waals surface area contributed by atoms with E-state index in [1.807, 2.05) is 13.8 Å². The molecule has 0 bridgehead atoms. The predicted octanol–water partition coefficient (Wildman–Crippen LogP) is 2.03. The van der Waals surface area contributed by atoms with E-state index in [-0.39, 0.29) is 11.6 Å². The van der Waals surface area contributed by atoms with Crippen LogP contribution < -0.4 is 11.1 Å². The number of amides is 1.